The minimum absolute atomic E-state index is 0.171. The largest absolute Gasteiger partial charge is 0.379 e. The number of hydrogen-bond acceptors (Lipinski definition) is 5. The SMILES string of the molecule is O=C(Nc1cccnc1)c1c[nH]c2ccc(-c3cncc(CN4CCOCC4)c3)cc12. The fourth-order valence-electron chi connectivity index (χ4n) is 3.87. The van der Waals surface area contributed by atoms with E-state index in [0.717, 1.165) is 54.9 Å². The van der Waals surface area contributed by atoms with E-state index < -0.39 is 0 Å². The normalized spacial score (nSPS) is 14.6. The number of benzene rings is 1. The molecule has 7 heteroatoms. The fraction of sp³-hybridized carbons (Fsp3) is 0.208. The van der Waals surface area contributed by atoms with Crippen LogP contribution in [0.25, 0.3) is 22.0 Å². The van der Waals surface area contributed by atoms with E-state index in [-0.39, 0.29) is 5.91 Å². The number of morpholine rings is 1. The van der Waals surface area contributed by atoms with Gasteiger partial charge in [0.2, 0.25) is 0 Å². The Morgan fingerprint density at radius 1 is 1.06 bits per heavy atom. The highest BCUT2D eigenvalue weighted by molar-refractivity contribution is 6.13. The van der Waals surface area contributed by atoms with Crippen LogP contribution in [0.15, 0.2) is 67.4 Å². The highest BCUT2D eigenvalue weighted by atomic mass is 16.5. The summed E-state index contributed by atoms with van der Waals surface area (Å²) in [5.74, 6) is -0.171. The van der Waals surface area contributed by atoms with Crippen LogP contribution in [0, 0.1) is 0 Å². The van der Waals surface area contributed by atoms with Crippen LogP contribution in [0.3, 0.4) is 0 Å². The van der Waals surface area contributed by atoms with Crippen LogP contribution in [0.1, 0.15) is 15.9 Å². The topological polar surface area (TPSA) is 83.1 Å². The van der Waals surface area contributed by atoms with Crippen LogP contribution in [0.5, 0.6) is 0 Å². The molecule has 1 aliphatic rings. The molecule has 156 valence electrons. The molecule has 0 bridgehead atoms. The van der Waals surface area contributed by atoms with Gasteiger partial charge in [0.05, 0.1) is 30.7 Å². The summed E-state index contributed by atoms with van der Waals surface area (Å²) >= 11 is 0. The zero-order valence-corrected chi connectivity index (χ0v) is 17.0. The quantitative estimate of drug-likeness (QED) is 0.521. The standard InChI is InChI=1S/C24H23N5O2/c30-24(28-20-2-1-5-25-14-20)22-15-27-23-4-3-18(11-21(22)23)19-10-17(12-26-13-19)16-29-6-8-31-9-7-29/h1-5,10-15,27H,6-9,16H2,(H,28,30). The van der Waals surface area contributed by atoms with E-state index in [1.165, 1.54) is 5.56 Å². The molecule has 1 aromatic carbocycles. The van der Waals surface area contributed by atoms with Crippen molar-refractivity contribution in [1.29, 1.82) is 0 Å². The molecular formula is C24H23N5O2. The predicted molar refractivity (Wildman–Crippen MR) is 120 cm³/mol. The zero-order valence-electron chi connectivity index (χ0n) is 17.0. The summed E-state index contributed by atoms with van der Waals surface area (Å²) in [6, 6.07) is 11.9. The van der Waals surface area contributed by atoms with Gasteiger partial charge in [-0.15, -0.1) is 0 Å². The third-order valence-electron chi connectivity index (χ3n) is 5.48. The minimum Gasteiger partial charge on any atom is -0.379 e. The number of aromatic nitrogens is 3. The van der Waals surface area contributed by atoms with Crippen molar-refractivity contribution in [3.8, 4) is 11.1 Å². The first-order valence-corrected chi connectivity index (χ1v) is 10.3. The number of fused-ring (bicyclic) bond motifs is 1. The Morgan fingerprint density at radius 2 is 1.97 bits per heavy atom. The molecule has 1 saturated heterocycles. The van der Waals surface area contributed by atoms with Gasteiger partial charge in [-0.1, -0.05) is 6.07 Å². The first kappa shape index (κ1) is 19.4. The number of ether oxygens (including phenoxy) is 1. The van der Waals surface area contributed by atoms with E-state index in [4.69, 9.17) is 4.74 Å². The van der Waals surface area contributed by atoms with Gasteiger partial charge in [0.25, 0.3) is 5.91 Å². The number of H-pyrrole nitrogens is 1. The van der Waals surface area contributed by atoms with Gasteiger partial charge in [-0.2, -0.15) is 0 Å². The van der Waals surface area contributed by atoms with Crippen LogP contribution in [0.4, 0.5) is 5.69 Å². The Bertz CT molecular complexity index is 1200. The maximum Gasteiger partial charge on any atom is 0.257 e. The van der Waals surface area contributed by atoms with Crippen molar-refractivity contribution in [2.75, 3.05) is 31.6 Å². The van der Waals surface area contributed by atoms with Crippen molar-refractivity contribution in [2.24, 2.45) is 0 Å². The van der Waals surface area contributed by atoms with Gasteiger partial charge in [0.1, 0.15) is 0 Å². The van der Waals surface area contributed by atoms with E-state index in [2.05, 4.69) is 37.3 Å². The molecule has 0 aliphatic carbocycles. The van der Waals surface area contributed by atoms with Crippen molar-refractivity contribution in [1.82, 2.24) is 19.9 Å². The maximum absolute atomic E-state index is 12.8. The summed E-state index contributed by atoms with van der Waals surface area (Å²) in [7, 11) is 0. The monoisotopic (exact) mass is 413 g/mol. The Morgan fingerprint density at radius 3 is 2.81 bits per heavy atom. The lowest BCUT2D eigenvalue weighted by Gasteiger charge is -2.26. The Hall–Kier alpha value is -3.55. The average molecular weight is 413 g/mol. The second-order valence-corrected chi connectivity index (χ2v) is 7.63. The average Bonchev–Trinajstić information content (AvgIpc) is 3.24. The molecule has 4 aromatic rings. The van der Waals surface area contributed by atoms with E-state index in [9.17, 15) is 4.79 Å². The lowest BCUT2D eigenvalue weighted by Crippen LogP contribution is -2.35. The highest BCUT2D eigenvalue weighted by Crippen LogP contribution is 2.27. The van der Waals surface area contributed by atoms with Crippen molar-refractivity contribution in [3.05, 3.63) is 78.5 Å². The molecule has 2 N–H and O–H groups in total. The second-order valence-electron chi connectivity index (χ2n) is 7.63. The smallest absolute Gasteiger partial charge is 0.257 e. The fourth-order valence-corrected chi connectivity index (χ4v) is 3.87. The summed E-state index contributed by atoms with van der Waals surface area (Å²) in [5.41, 5.74) is 5.41. The zero-order chi connectivity index (χ0) is 21.0. The third kappa shape index (κ3) is 4.33. The van der Waals surface area contributed by atoms with Crippen molar-refractivity contribution >= 4 is 22.5 Å². The first-order chi connectivity index (χ1) is 15.3. The number of nitrogens with zero attached hydrogens (tertiary/aromatic N) is 3. The number of pyridine rings is 2. The Kier molecular flexibility index (Phi) is 5.43. The molecule has 0 unspecified atom stereocenters. The Labute approximate surface area is 180 Å². The first-order valence-electron chi connectivity index (χ1n) is 10.3. The van der Waals surface area contributed by atoms with Gasteiger partial charge < -0.3 is 15.0 Å². The molecule has 1 aliphatic heterocycles. The number of amides is 1. The lowest BCUT2D eigenvalue weighted by molar-refractivity contribution is 0.0341. The van der Waals surface area contributed by atoms with Gasteiger partial charge in [0, 0.05) is 60.9 Å². The molecule has 0 spiro atoms. The van der Waals surface area contributed by atoms with Crippen LogP contribution in [-0.4, -0.2) is 52.1 Å². The molecule has 0 saturated carbocycles. The number of hydrogen-bond donors (Lipinski definition) is 2. The van der Waals surface area contributed by atoms with Crippen molar-refractivity contribution in [3.63, 3.8) is 0 Å². The molecule has 4 heterocycles. The van der Waals surface area contributed by atoms with Crippen LogP contribution >= 0.6 is 0 Å². The number of carbonyl (C=O) groups excluding carboxylic acids is 1. The summed E-state index contributed by atoms with van der Waals surface area (Å²) in [5, 5.41) is 3.77. The van der Waals surface area contributed by atoms with Crippen LogP contribution < -0.4 is 5.32 Å². The number of carbonyl (C=O) groups is 1. The molecule has 5 rings (SSSR count). The Balaban J connectivity index is 1.41. The highest BCUT2D eigenvalue weighted by Gasteiger charge is 2.15. The van der Waals surface area contributed by atoms with E-state index in [1.54, 1.807) is 24.7 Å². The molecule has 7 nitrogen and oxygen atoms in total. The molecule has 1 amide bonds. The maximum atomic E-state index is 12.8. The summed E-state index contributed by atoms with van der Waals surface area (Å²) in [6.45, 7) is 4.29. The van der Waals surface area contributed by atoms with Gasteiger partial charge in [-0.3, -0.25) is 19.7 Å². The summed E-state index contributed by atoms with van der Waals surface area (Å²) in [4.78, 5) is 26.9. The van der Waals surface area contributed by atoms with E-state index in [1.807, 2.05) is 30.6 Å². The van der Waals surface area contributed by atoms with Gasteiger partial charge in [-0.05, 0) is 41.5 Å². The lowest BCUT2D eigenvalue weighted by atomic mass is 10.0. The van der Waals surface area contributed by atoms with Gasteiger partial charge in [0.15, 0.2) is 0 Å². The summed E-state index contributed by atoms with van der Waals surface area (Å²) < 4.78 is 5.44. The number of anilines is 1. The van der Waals surface area contributed by atoms with Crippen LogP contribution in [0.2, 0.25) is 0 Å². The molecule has 0 atom stereocenters. The molecule has 1 fully saturated rings. The molecular weight excluding hydrogens is 390 g/mol. The molecule has 31 heavy (non-hydrogen) atoms. The van der Waals surface area contributed by atoms with Crippen molar-refractivity contribution in [2.45, 2.75) is 6.54 Å². The number of aromatic amines is 1. The predicted octanol–water partition coefficient (Wildman–Crippen LogP) is 3.71. The van der Waals surface area contributed by atoms with Crippen LogP contribution in [-0.2, 0) is 11.3 Å². The summed E-state index contributed by atoms with van der Waals surface area (Å²) in [6.07, 6.45) is 8.83. The minimum atomic E-state index is -0.171. The van der Waals surface area contributed by atoms with Crippen molar-refractivity contribution < 1.29 is 9.53 Å². The third-order valence-corrected chi connectivity index (χ3v) is 5.48. The van der Waals surface area contributed by atoms with E-state index >= 15 is 0 Å². The molecule has 0 radical (unpaired) electrons. The second kappa shape index (κ2) is 8.67. The number of nitrogens with one attached hydrogen (secondary N) is 2. The number of rotatable bonds is 5. The van der Waals surface area contributed by atoms with E-state index in [0.29, 0.717) is 11.3 Å². The van der Waals surface area contributed by atoms with Gasteiger partial charge >= 0.3 is 0 Å². The molecule has 3 aromatic heterocycles. The van der Waals surface area contributed by atoms with Gasteiger partial charge in [-0.25, -0.2) is 0 Å².